The van der Waals surface area contributed by atoms with Crippen LogP contribution in [0.2, 0.25) is 0 Å². The highest BCUT2D eigenvalue weighted by Gasteiger charge is 2.19. The Morgan fingerprint density at radius 2 is 2.24 bits per heavy atom. The van der Waals surface area contributed by atoms with E-state index in [1.165, 1.54) is 11.3 Å². The fraction of sp³-hybridized carbons (Fsp3) is 0.571. The van der Waals surface area contributed by atoms with Crippen LogP contribution >= 0.6 is 0 Å². The van der Waals surface area contributed by atoms with E-state index in [0.717, 1.165) is 19.4 Å². The Balaban J connectivity index is 2.01. The minimum atomic E-state index is 0.357. The second-order valence-electron chi connectivity index (χ2n) is 4.64. The minimum absolute atomic E-state index is 0.357. The summed E-state index contributed by atoms with van der Waals surface area (Å²) < 4.78 is 10.8. The SMILES string of the molecule is COCc1ccccc1NC1CCOC(C)C1. The van der Waals surface area contributed by atoms with Gasteiger partial charge >= 0.3 is 0 Å². The van der Waals surface area contributed by atoms with Gasteiger partial charge in [-0.2, -0.15) is 0 Å². The number of anilines is 1. The van der Waals surface area contributed by atoms with Crippen LogP contribution < -0.4 is 5.32 Å². The lowest BCUT2D eigenvalue weighted by molar-refractivity contribution is 0.0232. The van der Waals surface area contributed by atoms with Crippen LogP contribution in [0.1, 0.15) is 25.3 Å². The molecule has 0 aromatic heterocycles. The molecule has 3 heteroatoms. The van der Waals surface area contributed by atoms with E-state index in [2.05, 4.69) is 30.4 Å². The maximum atomic E-state index is 5.56. The van der Waals surface area contributed by atoms with Crippen molar-refractivity contribution in [3.63, 3.8) is 0 Å². The van der Waals surface area contributed by atoms with E-state index in [0.29, 0.717) is 18.8 Å². The zero-order chi connectivity index (χ0) is 12.1. The van der Waals surface area contributed by atoms with Crippen molar-refractivity contribution in [2.45, 2.75) is 38.5 Å². The van der Waals surface area contributed by atoms with E-state index in [4.69, 9.17) is 9.47 Å². The van der Waals surface area contributed by atoms with E-state index >= 15 is 0 Å². The Labute approximate surface area is 103 Å². The highest BCUT2D eigenvalue weighted by atomic mass is 16.5. The van der Waals surface area contributed by atoms with Gasteiger partial charge in [-0.05, 0) is 25.8 Å². The van der Waals surface area contributed by atoms with Crippen molar-refractivity contribution in [3.8, 4) is 0 Å². The third-order valence-electron chi connectivity index (χ3n) is 3.16. The molecule has 0 radical (unpaired) electrons. The molecule has 1 fully saturated rings. The molecule has 0 amide bonds. The van der Waals surface area contributed by atoms with Gasteiger partial charge in [-0.1, -0.05) is 18.2 Å². The highest BCUT2D eigenvalue weighted by molar-refractivity contribution is 5.51. The molecule has 2 unspecified atom stereocenters. The number of methoxy groups -OCH3 is 1. The van der Waals surface area contributed by atoms with Gasteiger partial charge < -0.3 is 14.8 Å². The van der Waals surface area contributed by atoms with Gasteiger partial charge in [0.25, 0.3) is 0 Å². The van der Waals surface area contributed by atoms with Crippen LogP contribution in [0.15, 0.2) is 24.3 Å². The average Bonchev–Trinajstić information content (AvgIpc) is 2.32. The molecule has 2 rings (SSSR count). The third-order valence-corrected chi connectivity index (χ3v) is 3.16. The monoisotopic (exact) mass is 235 g/mol. The molecular weight excluding hydrogens is 214 g/mol. The fourth-order valence-corrected chi connectivity index (χ4v) is 2.29. The standard InChI is InChI=1S/C14H21NO2/c1-11-9-13(7-8-17-11)15-14-6-4-3-5-12(14)10-16-2/h3-6,11,13,15H,7-10H2,1-2H3. The van der Waals surface area contributed by atoms with Crippen molar-refractivity contribution in [3.05, 3.63) is 29.8 Å². The molecule has 1 aliphatic heterocycles. The number of nitrogens with one attached hydrogen (secondary N) is 1. The van der Waals surface area contributed by atoms with Crippen LogP contribution in [0.4, 0.5) is 5.69 Å². The molecule has 0 saturated carbocycles. The van der Waals surface area contributed by atoms with Crippen LogP contribution in [0, 0.1) is 0 Å². The lowest BCUT2D eigenvalue weighted by Crippen LogP contribution is -2.32. The Morgan fingerprint density at radius 1 is 1.41 bits per heavy atom. The molecule has 3 nitrogen and oxygen atoms in total. The molecule has 94 valence electrons. The summed E-state index contributed by atoms with van der Waals surface area (Å²) in [5.41, 5.74) is 2.41. The summed E-state index contributed by atoms with van der Waals surface area (Å²) in [6.45, 7) is 3.64. The molecule has 1 aromatic carbocycles. The van der Waals surface area contributed by atoms with E-state index < -0.39 is 0 Å². The first kappa shape index (κ1) is 12.4. The Hall–Kier alpha value is -1.06. The van der Waals surface area contributed by atoms with Gasteiger partial charge in [-0.3, -0.25) is 0 Å². The maximum absolute atomic E-state index is 5.56. The van der Waals surface area contributed by atoms with Crippen molar-refractivity contribution in [2.24, 2.45) is 0 Å². The van der Waals surface area contributed by atoms with Gasteiger partial charge in [0.1, 0.15) is 0 Å². The van der Waals surface area contributed by atoms with E-state index in [9.17, 15) is 0 Å². The summed E-state index contributed by atoms with van der Waals surface area (Å²) in [6, 6.07) is 8.84. The van der Waals surface area contributed by atoms with Crippen molar-refractivity contribution in [1.29, 1.82) is 0 Å². The largest absolute Gasteiger partial charge is 0.382 e. The molecular formula is C14H21NO2. The zero-order valence-corrected chi connectivity index (χ0v) is 10.6. The number of hydrogen-bond acceptors (Lipinski definition) is 3. The van der Waals surface area contributed by atoms with Gasteiger partial charge in [0.2, 0.25) is 0 Å². The molecule has 1 aromatic rings. The Bertz CT molecular complexity index is 354. The number of rotatable bonds is 4. The minimum Gasteiger partial charge on any atom is -0.382 e. The fourth-order valence-electron chi connectivity index (χ4n) is 2.29. The second kappa shape index (κ2) is 6.03. The van der Waals surface area contributed by atoms with Crippen molar-refractivity contribution < 1.29 is 9.47 Å². The van der Waals surface area contributed by atoms with Gasteiger partial charge in [-0.25, -0.2) is 0 Å². The van der Waals surface area contributed by atoms with Gasteiger partial charge in [0.05, 0.1) is 12.7 Å². The Morgan fingerprint density at radius 3 is 3.00 bits per heavy atom. The summed E-state index contributed by atoms with van der Waals surface area (Å²) in [6.07, 6.45) is 2.50. The topological polar surface area (TPSA) is 30.5 Å². The molecule has 1 aliphatic rings. The third kappa shape index (κ3) is 3.45. The summed E-state index contributed by atoms with van der Waals surface area (Å²) >= 11 is 0. The quantitative estimate of drug-likeness (QED) is 0.870. The van der Waals surface area contributed by atoms with E-state index in [-0.39, 0.29) is 0 Å². The number of ether oxygens (including phenoxy) is 2. The first-order valence-corrected chi connectivity index (χ1v) is 6.24. The van der Waals surface area contributed by atoms with Crippen molar-refractivity contribution >= 4 is 5.69 Å². The normalized spacial score (nSPS) is 24.6. The van der Waals surface area contributed by atoms with Gasteiger partial charge in [-0.15, -0.1) is 0 Å². The number of hydrogen-bond donors (Lipinski definition) is 1. The molecule has 1 N–H and O–H groups in total. The predicted molar refractivity (Wildman–Crippen MR) is 69.2 cm³/mol. The summed E-state index contributed by atoms with van der Waals surface area (Å²) in [5.74, 6) is 0. The number of para-hydroxylation sites is 1. The number of benzene rings is 1. The van der Waals surface area contributed by atoms with E-state index in [1.54, 1.807) is 7.11 Å². The molecule has 1 saturated heterocycles. The first-order valence-electron chi connectivity index (χ1n) is 6.24. The predicted octanol–water partition coefficient (Wildman–Crippen LogP) is 2.81. The lowest BCUT2D eigenvalue weighted by Gasteiger charge is -2.29. The highest BCUT2D eigenvalue weighted by Crippen LogP contribution is 2.22. The first-order chi connectivity index (χ1) is 8.29. The van der Waals surface area contributed by atoms with Crippen LogP contribution in [-0.4, -0.2) is 25.9 Å². The van der Waals surface area contributed by atoms with Crippen LogP contribution in [0.3, 0.4) is 0 Å². The molecule has 2 atom stereocenters. The zero-order valence-electron chi connectivity index (χ0n) is 10.6. The molecule has 0 aliphatic carbocycles. The Kier molecular flexibility index (Phi) is 4.40. The van der Waals surface area contributed by atoms with Crippen molar-refractivity contribution in [1.82, 2.24) is 0 Å². The second-order valence-corrected chi connectivity index (χ2v) is 4.64. The van der Waals surface area contributed by atoms with Crippen LogP contribution in [-0.2, 0) is 16.1 Å². The summed E-state index contributed by atoms with van der Waals surface area (Å²) in [5, 5.41) is 3.60. The molecule has 17 heavy (non-hydrogen) atoms. The molecule has 0 bridgehead atoms. The summed E-state index contributed by atoms with van der Waals surface area (Å²) in [7, 11) is 1.73. The smallest absolute Gasteiger partial charge is 0.0733 e. The average molecular weight is 235 g/mol. The van der Waals surface area contributed by atoms with Crippen LogP contribution in [0.5, 0.6) is 0 Å². The van der Waals surface area contributed by atoms with E-state index in [1.807, 2.05) is 6.07 Å². The lowest BCUT2D eigenvalue weighted by atomic mass is 10.0. The van der Waals surface area contributed by atoms with Gasteiger partial charge in [0.15, 0.2) is 0 Å². The van der Waals surface area contributed by atoms with Crippen LogP contribution in [0.25, 0.3) is 0 Å². The summed E-state index contributed by atoms with van der Waals surface area (Å²) in [4.78, 5) is 0. The van der Waals surface area contributed by atoms with Gasteiger partial charge in [0, 0.05) is 31.0 Å². The van der Waals surface area contributed by atoms with Crippen molar-refractivity contribution in [2.75, 3.05) is 19.0 Å². The maximum Gasteiger partial charge on any atom is 0.0733 e. The molecule has 1 heterocycles. The molecule has 0 spiro atoms.